The van der Waals surface area contributed by atoms with Crippen LogP contribution in [0.1, 0.15) is 0 Å². The van der Waals surface area contributed by atoms with E-state index in [-0.39, 0.29) is 6.10 Å². The van der Waals surface area contributed by atoms with Gasteiger partial charge in [-0.3, -0.25) is 0 Å². The fourth-order valence-corrected chi connectivity index (χ4v) is 2.45. The van der Waals surface area contributed by atoms with E-state index >= 15 is 0 Å². The molecule has 3 aromatic rings. The number of fused-ring (bicyclic) bond motifs is 1. The number of epoxide rings is 1. The van der Waals surface area contributed by atoms with Crippen LogP contribution >= 0.6 is 11.6 Å². The zero-order valence-corrected chi connectivity index (χ0v) is 11.8. The third-order valence-corrected chi connectivity index (χ3v) is 3.53. The van der Waals surface area contributed by atoms with Crippen molar-refractivity contribution in [2.75, 3.05) is 11.9 Å². The normalized spacial score (nSPS) is 17.1. The number of benzene rings is 1. The van der Waals surface area contributed by atoms with Crippen LogP contribution in [-0.4, -0.2) is 32.2 Å². The van der Waals surface area contributed by atoms with Crippen LogP contribution < -0.4 is 5.32 Å². The maximum atomic E-state index is 6.29. The van der Waals surface area contributed by atoms with E-state index in [4.69, 9.17) is 16.3 Å². The SMILES string of the molecule is Clc1nc(Nc2ccccc2)nc2ncn(CC3CO3)c12. The Hall–Kier alpha value is -2.18. The largest absolute Gasteiger partial charge is 0.371 e. The fraction of sp³-hybridized carbons (Fsp3) is 0.214. The fourth-order valence-electron chi connectivity index (χ4n) is 2.17. The van der Waals surface area contributed by atoms with Crippen LogP contribution in [0.15, 0.2) is 36.7 Å². The molecule has 1 fully saturated rings. The average molecular weight is 302 g/mol. The van der Waals surface area contributed by atoms with Crippen molar-refractivity contribution in [1.29, 1.82) is 0 Å². The Morgan fingerprint density at radius 3 is 2.86 bits per heavy atom. The number of rotatable bonds is 4. The van der Waals surface area contributed by atoms with Crippen LogP contribution in [-0.2, 0) is 11.3 Å². The lowest BCUT2D eigenvalue weighted by atomic mass is 10.3. The van der Waals surface area contributed by atoms with Crippen LogP contribution in [0, 0.1) is 0 Å². The minimum Gasteiger partial charge on any atom is -0.371 e. The Bertz CT molecular complexity index is 785. The van der Waals surface area contributed by atoms with E-state index < -0.39 is 0 Å². The average Bonchev–Trinajstić information content (AvgIpc) is 3.20. The number of nitrogens with one attached hydrogen (secondary N) is 1. The molecular weight excluding hydrogens is 290 g/mol. The molecule has 1 atom stereocenters. The lowest BCUT2D eigenvalue weighted by molar-refractivity contribution is 0.385. The van der Waals surface area contributed by atoms with Crippen LogP contribution in [0.3, 0.4) is 0 Å². The molecule has 2 aromatic heterocycles. The number of hydrogen-bond donors (Lipinski definition) is 1. The Balaban J connectivity index is 1.69. The molecular formula is C14H12ClN5O. The first kappa shape index (κ1) is 12.6. The lowest BCUT2D eigenvalue weighted by Crippen LogP contribution is -2.04. The van der Waals surface area contributed by atoms with Crippen molar-refractivity contribution in [3.05, 3.63) is 41.8 Å². The van der Waals surface area contributed by atoms with Crippen molar-refractivity contribution in [2.24, 2.45) is 0 Å². The highest BCUT2D eigenvalue weighted by Crippen LogP contribution is 2.24. The molecule has 0 bridgehead atoms. The highest BCUT2D eigenvalue weighted by Gasteiger charge is 2.24. The summed E-state index contributed by atoms with van der Waals surface area (Å²) in [6.45, 7) is 1.51. The molecule has 7 heteroatoms. The van der Waals surface area contributed by atoms with Crippen LogP contribution in [0.5, 0.6) is 0 Å². The van der Waals surface area contributed by atoms with Gasteiger partial charge >= 0.3 is 0 Å². The molecule has 6 nitrogen and oxygen atoms in total. The first-order valence-electron chi connectivity index (χ1n) is 6.61. The lowest BCUT2D eigenvalue weighted by Gasteiger charge is -2.06. The molecule has 0 amide bonds. The maximum absolute atomic E-state index is 6.29. The number of ether oxygens (including phenoxy) is 1. The standard InChI is InChI=1S/C14H12ClN5O/c15-12-11-13(16-8-20(11)6-10-7-21-10)19-14(18-12)17-9-4-2-1-3-5-9/h1-5,8,10H,6-7H2,(H,17,18,19). The molecule has 1 N–H and O–H groups in total. The van der Waals surface area contributed by atoms with Crippen molar-refractivity contribution >= 4 is 34.4 Å². The second kappa shape index (κ2) is 4.98. The van der Waals surface area contributed by atoms with Gasteiger partial charge in [0, 0.05) is 5.69 Å². The van der Waals surface area contributed by atoms with Gasteiger partial charge in [-0.2, -0.15) is 9.97 Å². The number of halogens is 1. The molecule has 21 heavy (non-hydrogen) atoms. The van der Waals surface area contributed by atoms with Crippen LogP contribution in [0.4, 0.5) is 11.6 Å². The molecule has 0 saturated carbocycles. The quantitative estimate of drug-likeness (QED) is 0.592. The molecule has 4 rings (SSSR count). The maximum Gasteiger partial charge on any atom is 0.230 e. The second-order valence-electron chi connectivity index (χ2n) is 4.85. The Labute approximate surface area is 125 Å². The number of para-hydroxylation sites is 1. The smallest absolute Gasteiger partial charge is 0.230 e. The van der Waals surface area contributed by atoms with Gasteiger partial charge in [0.15, 0.2) is 10.8 Å². The van der Waals surface area contributed by atoms with E-state index in [0.717, 1.165) is 24.4 Å². The van der Waals surface area contributed by atoms with Crippen LogP contribution in [0.2, 0.25) is 5.15 Å². The number of anilines is 2. The molecule has 0 aliphatic carbocycles. The molecule has 1 aliphatic heterocycles. The predicted octanol–water partition coefficient (Wildman–Crippen LogP) is 2.62. The van der Waals surface area contributed by atoms with E-state index in [0.29, 0.717) is 16.7 Å². The summed E-state index contributed by atoms with van der Waals surface area (Å²) in [6, 6.07) is 9.69. The van der Waals surface area contributed by atoms with Crippen molar-refractivity contribution < 1.29 is 4.74 Å². The van der Waals surface area contributed by atoms with E-state index in [1.165, 1.54) is 0 Å². The highest BCUT2D eigenvalue weighted by molar-refractivity contribution is 6.33. The van der Waals surface area contributed by atoms with E-state index in [9.17, 15) is 0 Å². The molecule has 106 valence electrons. The monoisotopic (exact) mass is 301 g/mol. The number of aromatic nitrogens is 4. The number of imidazole rings is 1. The summed E-state index contributed by atoms with van der Waals surface area (Å²) in [7, 11) is 0. The molecule has 1 aromatic carbocycles. The van der Waals surface area contributed by atoms with E-state index in [1.807, 2.05) is 34.9 Å². The summed E-state index contributed by atoms with van der Waals surface area (Å²) in [5.74, 6) is 0.437. The summed E-state index contributed by atoms with van der Waals surface area (Å²) in [6.07, 6.45) is 1.97. The van der Waals surface area contributed by atoms with Gasteiger partial charge in [-0.25, -0.2) is 4.98 Å². The van der Waals surface area contributed by atoms with Crippen molar-refractivity contribution in [3.8, 4) is 0 Å². The second-order valence-corrected chi connectivity index (χ2v) is 5.21. The van der Waals surface area contributed by atoms with Gasteiger partial charge < -0.3 is 14.6 Å². The predicted molar refractivity (Wildman–Crippen MR) is 79.8 cm³/mol. The number of nitrogens with zero attached hydrogens (tertiary/aromatic N) is 4. The molecule has 0 radical (unpaired) electrons. The van der Waals surface area contributed by atoms with Gasteiger partial charge in [0.2, 0.25) is 5.95 Å². The van der Waals surface area contributed by atoms with Crippen molar-refractivity contribution in [3.63, 3.8) is 0 Å². The Morgan fingerprint density at radius 2 is 2.10 bits per heavy atom. The highest BCUT2D eigenvalue weighted by atomic mass is 35.5. The zero-order chi connectivity index (χ0) is 14.2. The molecule has 3 heterocycles. The van der Waals surface area contributed by atoms with Crippen LogP contribution in [0.25, 0.3) is 11.2 Å². The first-order valence-corrected chi connectivity index (χ1v) is 6.99. The third kappa shape index (κ3) is 2.55. The Morgan fingerprint density at radius 1 is 1.29 bits per heavy atom. The third-order valence-electron chi connectivity index (χ3n) is 3.26. The molecule has 1 saturated heterocycles. The number of hydrogen-bond acceptors (Lipinski definition) is 5. The Kier molecular flexibility index (Phi) is 2.98. The minimum absolute atomic E-state index is 0.251. The van der Waals surface area contributed by atoms with Gasteiger partial charge in [0.05, 0.1) is 25.6 Å². The molecule has 1 unspecified atom stereocenters. The van der Waals surface area contributed by atoms with E-state index in [2.05, 4.69) is 20.3 Å². The van der Waals surface area contributed by atoms with Gasteiger partial charge in [0.25, 0.3) is 0 Å². The van der Waals surface area contributed by atoms with Gasteiger partial charge in [-0.05, 0) is 12.1 Å². The summed E-state index contributed by atoms with van der Waals surface area (Å²) in [5, 5.41) is 3.50. The van der Waals surface area contributed by atoms with E-state index in [1.54, 1.807) is 6.33 Å². The minimum atomic E-state index is 0.251. The zero-order valence-electron chi connectivity index (χ0n) is 11.0. The van der Waals surface area contributed by atoms with Crippen molar-refractivity contribution in [2.45, 2.75) is 12.6 Å². The summed E-state index contributed by atoms with van der Waals surface area (Å²) < 4.78 is 7.16. The first-order chi connectivity index (χ1) is 10.3. The summed E-state index contributed by atoms with van der Waals surface area (Å²) >= 11 is 6.29. The van der Waals surface area contributed by atoms with Crippen molar-refractivity contribution in [1.82, 2.24) is 19.5 Å². The molecule has 1 aliphatic rings. The molecule has 0 spiro atoms. The summed E-state index contributed by atoms with van der Waals surface area (Å²) in [4.78, 5) is 13.0. The summed E-state index contributed by atoms with van der Waals surface area (Å²) in [5.41, 5.74) is 2.22. The van der Waals surface area contributed by atoms with Gasteiger partial charge in [0.1, 0.15) is 5.52 Å². The van der Waals surface area contributed by atoms with Gasteiger partial charge in [-0.15, -0.1) is 0 Å². The topological polar surface area (TPSA) is 68.2 Å². The van der Waals surface area contributed by atoms with Gasteiger partial charge in [-0.1, -0.05) is 29.8 Å².